The van der Waals surface area contributed by atoms with Gasteiger partial charge in [0.1, 0.15) is 22.9 Å². The van der Waals surface area contributed by atoms with E-state index in [0.29, 0.717) is 5.69 Å². The van der Waals surface area contributed by atoms with Crippen molar-refractivity contribution < 1.29 is 33.3 Å². The number of amides is 1. The number of anilines is 1. The fraction of sp³-hybridized carbons (Fsp3) is 0.417. The van der Waals surface area contributed by atoms with Crippen molar-refractivity contribution in [1.82, 2.24) is 0 Å². The van der Waals surface area contributed by atoms with Crippen LogP contribution in [-0.4, -0.2) is 49.0 Å². The number of ether oxygens (including phenoxy) is 3. The van der Waals surface area contributed by atoms with Gasteiger partial charge in [0, 0.05) is 11.8 Å². The van der Waals surface area contributed by atoms with E-state index in [-0.39, 0.29) is 17.7 Å². The topological polar surface area (TPSA) is 94.1 Å². The Balaban J connectivity index is 0.000000542. The van der Waals surface area contributed by atoms with Gasteiger partial charge in [-0.1, -0.05) is 13.0 Å². The van der Waals surface area contributed by atoms with E-state index in [4.69, 9.17) is 14.6 Å². The normalized spacial score (nSPS) is 9.94. The highest BCUT2D eigenvalue weighted by molar-refractivity contribution is 7.98. The molecule has 0 unspecified atom stereocenters. The molecular formula is C24H34FNO6S. The summed E-state index contributed by atoms with van der Waals surface area (Å²) in [6, 6.07) is 10.7. The number of hydrogen-bond acceptors (Lipinski definition) is 7. The van der Waals surface area contributed by atoms with Crippen LogP contribution in [0.25, 0.3) is 0 Å². The Labute approximate surface area is 199 Å². The van der Waals surface area contributed by atoms with E-state index in [1.165, 1.54) is 25.0 Å². The number of methoxy groups -OCH3 is 2. The molecule has 0 aliphatic rings. The third kappa shape index (κ3) is 14.7. The van der Waals surface area contributed by atoms with Gasteiger partial charge >= 0.3 is 12.1 Å². The molecule has 0 bridgehead atoms. The molecule has 0 aliphatic heterocycles. The average Bonchev–Trinajstić information content (AvgIpc) is 2.75. The van der Waals surface area contributed by atoms with Crippen LogP contribution in [0.15, 0.2) is 42.5 Å². The number of halogens is 1. The molecule has 0 saturated heterocycles. The molecule has 2 rings (SSSR count). The van der Waals surface area contributed by atoms with Gasteiger partial charge in [-0.15, -0.1) is 0 Å². The Morgan fingerprint density at radius 1 is 1.09 bits per heavy atom. The number of benzene rings is 2. The molecule has 0 atom stereocenters. The summed E-state index contributed by atoms with van der Waals surface area (Å²) in [7, 11) is 2.83. The SMILES string of the molecule is CCSC.COC(=O)Cc1ccc(O)cc1F.COc1ccc(NC(=O)OC(C)(C)C)cc1. The van der Waals surface area contributed by atoms with E-state index in [9.17, 15) is 14.0 Å². The second kappa shape index (κ2) is 15.8. The smallest absolute Gasteiger partial charge is 0.412 e. The fourth-order valence-electron chi connectivity index (χ4n) is 2.00. The van der Waals surface area contributed by atoms with Crippen LogP contribution in [0.1, 0.15) is 33.3 Å². The maximum Gasteiger partial charge on any atom is 0.412 e. The molecule has 7 nitrogen and oxygen atoms in total. The summed E-state index contributed by atoms with van der Waals surface area (Å²) in [5.41, 5.74) is 0.399. The number of carbonyl (C=O) groups is 2. The molecule has 184 valence electrons. The van der Waals surface area contributed by atoms with Crippen LogP contribution in [0.4, 0.5) is 14.9 Å². The maximum absolute atomic E-state index is 13.0. The maximum atomic E-state index is 13.0. The van der Waals surface area contributed by atoms with Crippen molar-refractivity contribution in [3.05, 3.63) is 53.8 Å². The van der Waals surface area contributed by atoms with Crippen molar-refractivity contribution in [3.8, 4) is 11.5 Å². The van der Waals surface area contributed by atoms with E-state index in [2.05, 4.69) is 23.2 Å². The largest absolute Gasteiger partial charge is 0.508 e. The van der Waals surface area contributed by atoms with E-state index in [0.717, 1.165) is 11.8 Å². The molecule has 0 heterocycles. The zero-order chi connectivity index (χ0) is 25.4. The molecule has 0 radical (unpaired) electrons. The van der Waals surface area contributed by atoms with Crippen LogP contribution in [0, 0.1) is 5.82 Å². The third-order valence-electron chi connectivity index (χ3n) is 3.62. The van der Waals surface area contributed by atoms with Gasteiger partial charge < -0.3 is 19.3 Å². The highest BCUT2D eigenvalue weighted by Gasteiger charge is 2.16. The van der Waals surface area contributed by atoms with Crippen molar-refractivity contribution in [2.75, 3.05) is 31.5 Å². The fourth-order valence-corrected chi connectivity index (χ4v) is 2.00. The highest BCUT2D eigenvalue weighted by atomic mass is 32.2. The molecule has 0 spiro atoms. The zero-order valence-corrected chi connectivity index (χ0v) is 21.0. The zero-order valence-electron chi connectivity index (χ0n) is 20.2. The van der Waals surface area contributed by atoms with Crippen molar-refractivity contribution >= 4 is 29.5 Å². The minimum absolute atomic E-state index is 0.122. The number of thioether (sulfide) groups is 1. The molecule has 33 heavy (non-hydrogen) atoms. The molecule has 0 saturated carbocycles. The number of rotatable bonds is 5. The van der Waals surface area contributed by atoms with E-state index < -0.39 is 23.5 Å². The summed E-state index contributed by atoms with van der Waals surface area (Å²) >= 11 is 1.86. The molecule has 0 fully saturated rings. The molecule has 9 heteroatoms. The summed E-state index contributed by atoms with van der Waals surface area (Å²) in [6.07, 6.45) is 1.51. The van der Waals surface area contributed by atoms with Crippen molar-refractivity contribution in [2.45, 2.75) is 39.7 Å². The van der Waals surface area contributed by atoms with Gasteiger partial charge in [0.05, 0.1) is 20.6 Å². The number of nitrogens with one attached hydrogen (secondary N) is 1. The monoisotopic (exact) mass is 483 g/mol. The number of hydrogen-bond donors (Lipinski definition) is 2. The first kappa shape index (κ1) is 30.1. The van der Waals surface area contributed by atoms with Gasteiger partial charge in [-0.25, -0.2) is 9.18 Å². The number of aromatic hydroxyl groups is 1. The minimum Gasteiger partial charge on any atom is -0.508 e. The lowest BCUT2D eigenvalue weighted by atomic mass is 10.1. The summed E-state index contributed by atoms with van der Waals surface area (Å²) in [6.45, 7) is 7.60. The first-order chi connectivity index (χ1) is 15.4. The Hall–Kier alpha value is -2.94. The second-order valence-electron chi connectivity index (χ2n) is 7.46. The molecule has 0 aromatic heterocycles. The summed E-state index contributed by atoms with van der Waals surface area (Å²) in [5, 5.41) is 11.5. The van der Waals surface area contributed by atoms with E-state index in [1.807, 2.05) is 32.5 Å². The quantitative estimate of drug-likeness (QED) is 0.530. The van der Waals surface area contributed by atoms with Gasteiger partial charge in [0.2, 0.25) is 0 Å². The van der Waals surface area contributed by atoms with Crippen molar-refractivity contribution in [1.29, 1.82) is 0 Å². The first-order valence-electron chi connectivity index (χ1n) is 10.1. The standard InChI is InChI=1S/C12H17NO3.C9H9FO3.C3H8S/c1-12(2,3)16-11(14)13-9-5-7-10(15-4)8-6-9;1-13-9(12)4-6-2-3-7(11)5-8(6)10;1-3-4-2/h5-8H,1-4H3,(H,13,14);2-3,5,11H,4H2,1H3;3H2,1-2H3. The second-order valence-corrected chi connectivity index (χ2v) is 8.62. The Kier molecular flexibility index (Phi) is 14.4. The Bertz CT molecular complexity index is 851. The van der Waals surface area contributed by atoms with E-state index in [1.54, 1.807) is 31.4 Å². The van der Waals surface area contributed by atoms with Gasteiger partial charge in [0.15, 0.2) is 0 Å². The minimum atomic E-state index is -0.606. The van der Waals surface area contributed by atoms with Crippen LogP contribution < -0.4 is 10.1 Å². The lowest BCUT2D eigenvalue weighted by Crippen LogP contribution is -2.27. The van der Waals surface area contributed by atoms with Gasteiger partial charge in [-0.2, -0.15) is 11.8 Å². The number of phenolic OH excluding ortho intramolecular Hbond substituents is 1. The molecule has 2 aromatic carbocycles. The lowest BCUT2D eigenvalue weighted by Gasteiger charge is -2.19. The van der Waals surface area contributed by atoms with Crippen LogP contribution >= 0.6 is 11.8 Å². The van der Waals surface area contributed by atoms with Crippen LogP contribution in [0.3, 0.4) is 0 Å². The number of carbonyl (C=O) groups excluding carboxylic acids is 2. The summed E-state index contributed by atoms with van der Waals surface area (Å²) < 4.78 is 27.5. The predicted octanol–water partition coefficient (Wildman–Crippen LogP) is 5.66. The van der Waals surface area contributed by atoms with Crippen LogP contribution in [0.5, 0.6) is 11.5 Å². The Morgan fingerprint density at radius 2 is 1.67 bits per heavy atom. The molecular weight excluding hydrogens is 449 g/mol. The van der Waals surface area contributed by atoms with E-state index >= 15 is 0 Å². The Morgan fingerprint density at radius 3 is 2.09 bits per heavy atom. The van der Waals surface area contributed by atoms with Crippen molar-refractivity contribution in [3.63, 3.8) is 0 Å². The summed E-state index contributed by atoms with van der Waals surface area (Å²) in [5.74, 6) is 0.704. The van der Waals surface area contributed by atoms with Gasteiger partial charge in [-0.3, -0.25) is 10.1 Å². The molecule has 2 aromatic rings. The van der Waals surface area contributed by atoms with Gasteiger partial charge in [0.25, 0.3) is 0 Å². The predicted molar refractivity (Wildman–Crippen MR) is 131 cm³/mol. The third-order valence-corrected chi connectivity index (χ3v) is 4.20. The first-order valence-corrected chi connectivity index (χ1v) is 11.5. The molecule has 0 aliphatic carbocycles. The number of esters is 1. The average molecular weight is 484 g/mol. The molecule has 2 N–H and O–H groups in total. The lowest BCUT2D eigenvalue weighted by molar-refractivity contribution is -0.139. The van der Waals surface area contributed by atoms with Crippen LogP contribution in [-0.2, 0) is 20.7 Å². The van der Waals surface area contributed by atoms with Crippen molar-refractivity contribution in [2.24, 2.45) is 0 Å². The highest BCUT2D eigenvalue weighted by Crippen LogP contribution is 2.17. The van der Waals surface area contributed by atoms with Crippen LogP contribution in [0.2, 0.25) is 0 Å². The number of phenols is 1. The molecule has 1 amide bonds. The summed E-state index contributed by atoms with van der Waals surface area (Å²) in [4.78, 5) is 22.2. The van der Waals surface area contributed by atoms with Gasteiger partial charge in [-0.05, 0) is 68.7 Å².